The number of ether oxygens (including phenoxy) is 1. The average molecular weight is 239 g/mol. The van der Waals surface area contributed by atoms with Gasteiger partial charge in [0.05, 0.1) is 19.4 Å². The highest BCUT2D eigenvalue weighted by molar-refractivity contribution is 5.93. The van der Waals surface area contributed by atoms with E-state index in [-0.39, 0.29) is 24.8 Å². The quantitative estimate of drug-likeness (QED) is 0.813. The molecule has 1 fully saturated rings. The van der Waals surface area contributed by atoms with E-state index in [9.17, 15) is 9.59 Å². The van der Waals surface area contributed by atoms with Crippen molar-refractivity contribution in [3.8, 4) is 0 Å². The van der Waals surface area contributed by atoms with E-state index in [1.165, 1.54) is 11.2 Å². The van der Waals surface area contributed by atoms with Gasteiger partial charge in [0, 0.05) is 12.1 Å². The third-order valence-electron chi connectivity index (χ3n) is 2.69. The third kappa shape index (κ3) is 2.31. The van der Waals surface area contributed by atoms with Gasteiger partial charge in [0.2, 0.25) is 0 Å². The molecule has 17 heavy (non-hydrogen) atoms. The number of carbonyl (C=O) groups excluding carboxylic acids is 1. The smallest absolute Gasteiger partial charge is 0.334 e. The number of morpholine rings is 1. The van der Waals surface area contributed by atoms with E-state index >= 15 is 0 Å². The molecular formula is C11H13NO5. The van der Waals surface area contributed by atoms with Crippen LogP contribution in [0.2, 0.25) is 0 Å². The fourth-order valence-electron chi connectivity index (χ4n) is 1.72. The van der Waals surface area contributed by atoms with Gasteiger partial charge in [-0.2, -0.15) is 0 Å². The summed E-state index contributed by atoms with van der Waals surface area (Å²) in [5.41, 5.74) is 0.744. The molecule has 1 aliphatic heterocycles. The Hall–Kier alpha value is -1.82. The van der Waals surface area contributed by atoms with Crippen molar-refractivity contribution in [3.05, 3.63) is 23.7 Å². The van der Waals surface area contributed by atoms with E-state index in [0.717, 1.165) is 5.56 Å². The van der Waals surface area contributed by atoms with Crippen LogP contribution in [0, 0.1) is 6.92 Å². The van der Waals surface area contributed by atoms with Crippen LogP contribution in [-0.2, 0) is 9.53 Å². The highest BCUT2D eigenvalue weighted by Gasteiger charge is 2.30. The molecule has 0 spiro atoms. The Morgan fingerprint density at radius 2 is 2.29 bits per heavy atom. The fourth-order valence-corrected chi connectivity index (χ4v) is 1.72. The van der Waals surface area contributed by atoms with Gasteiger partial charge in [0.15, 0.2) is 11.9 Å². The predicted octanol–water partition coefficient (Wildman–Crippen LogP) is 0.514. The molecule has 1 aromatic heterocycles. The third-order valence-corrected chi connectivity index (χ3v) is 2.69. The van der Waals surface area contributed by atoms with Gasteiger partial charge in [-0.3, -0.25) is 4.79 Å². The average Bonchev–Trinajstić information content (AvgIpc) is 2.74. The molecule has 1 unspecified atom stereocenters. The van der Waals surface area contributed by atoms with Gasteiger partial charge in [-0.25, -0.2) is 4.79 Å². The van der Waals surface area contributed by atoms with E-state index in [1.807, 2.05) is 0 Å². The van der Waals surface area contributed by atoms with Crippen molar-refractivity contribution >= 4 is 11.9 Å². The zero-order valence-corrected chi connectivity index (χ0v) is 9.38. The number of nitrogens with zero attached hydrogens (tertiary/aromatic N) is 1. The Kier molecular flexibility index (Phi) is 3.14. The Morgan fingerprint density at radius 3 is 2.88 bits per heavy atom. The number of rotatable bonds is 2. The zero-order chi connectivity index (χ0) is 12.4. The number of carboxylic acids is 1. The van der Waals surface area contributed by atoms with Crippen LogP contribution >= 0.6 is 0 Å². The Balaban J connectivity index is 2.10. The molecule has 0 saturated carbocycles. The number of carbonyl (C=O) groups is 2. The summed E-state index contributed by atoms with van der Waals surface area (Å²) in [7, 11) is 0. The first kappa shape index (κ1) is 11.7. The van der Waals surface area contributed by atoms with Gasteiger partial charge >= 0.3 is 5.97 Å². The van der Waals surface area contributed by atoms with Gasteiger partial charge in [0.1, 0.15) is 0 Å². The number of amides is 1. The van der Waals surface area contributed by atoms with E-state index in [4.69, 9.17) is 14.3 Å². The SMILES string of the molecule is Cc1ccoc1C(=O)N1CCOC(C(=O)O)C1. The Bertz CT molecular complexity index is 439. The largest absolute Gasteiger partial charge is 0.479 e. The second-order valence-corrected chi connectivity index (χ2v) is 3.88. The van der Waals surface area contributed by atoms with Crippen LogP contribution in [-0.4, -0.2) is 47.7 Å². The van der Waals surface area contributed by atoms with Crippen molar-refractivity contribution in [3.63, 3.8) is 0 Å². The lowest BCUT2D eigenvalue weighted by atomic mass is 10.2. The molecular weight excluding hydrogens is 226 g/mol. The first-order chi connectivity index (χ1) is 8.09. The Morgan fingerprint density at radius 1 is 1.53 bits per heavy atom. The highest BCUT2D eigenvalue weighted by Crippen LogP contribution is 2.15. The molecule has 1 aliphatic rings. The second-order valence-electron chi connectivity index (χ2n) is 3.88. The molecule has 0 aliphatic carbocycles. The Labute approximate surface area is 97.8 Å². The maximum absolute atomic E-state index is 12.0. The van der Waals surface area contributed by atoms with Crippen LogP contribution in [0.3, 0.4) is 0 Å². The minimum absolute atomic E-state index is 0.0499. The molecule has 1 amide bonds. The highest BCUT2D eigenvalue weighted by atomic mass is 16.5. The summed E-state index contributed by atoms with van der Waals surface area (Å²) in [6.07, 6.45) is 0.487. The maximum atomic E-state index is 12.0. The van der Waals surface area contributed by atoms with Gasteiger partial charge < -0.3 is 19.2 Å². The first-order valence-corrected chi connectivity index (χ1v) is 5.27. The van der Waals surface area contributed by atoms with Crippen LogP contribution in [0.15, 0.2) is 16.7 Å². The lowest BCUT2D eigenvalue weighted by Crippen LogP contribution is -2.48. The fraction of sp³-hybridized carbons (Fsp3) is 0.455. The van der Waals surface area contributed by atoms with Gasteiger partial charge in [-0.15, -0.1) is 0 Å². The molecule has 0 radical (unpaired) electrons. The van der Waals surface area contributed by atoms with Crippen LogP contribution in [0.4, 0.5) is 0 Å². The first-order valence-electron chi connectivity index (χ1n) is 5.27. The second kappa shape index (κ2) is 4.58. The molecule has 0 bridgehead atoms. The number of hydrogen-bond donors (Lipinski definition) is 1. The van der Waals surface area contributed by atoms with E-state index < -0.39 is 12.1 Å². The lowest BCUT2D eigenvalue weighted by Gasteiger charge is -2.30. The summed E-state index contributed by atoms with van der Waals surface area (Å²) in [5.74, 6) is -1.09. The molecule has 92 valence electrons. The van der Waals surface area contributed by atoms with E-state index in [0.29, 0.717) is 6.54 Å². The molecule has 6 heteroatoms. The number of carboxylic acid groups (broad SMARTS) is 1. The summed E-state index contributed by atoms with van der Waals surface area (Å²) in [5, 5.41) is 8.84. The van der Waals surface area contributed by atoms with Crippen LogP contribution in [0.1, 0.15) is 16.1 Å². The summed E-state index contributed by atoms with van der Waals surface area (Å²) in [6, 6.07) is 1.70. The van der Waals surface area contributed by atoms with Crippen LogP contribution in [0.5, 0.6) is 0 Å². The number of furan rings is 1. The predicted molar refractivity (Wildman–Crippen MR) is 56.7 cm³/mol. The molecule has 1 atom stereocenters. The van der Waals surface area contributed by atoms with Crippen molar-refractivity contribution in [1.82, 2.24) is 4.90 Å². The summed E-state index contributed by atoms with van der Waals surface area (Å²) in [6.45, 7) is 2.42. The van der Waals surface area contributed by atoms with Crippen molar-refractivity contribution in [1.29, 1.82) is 0 Å². The molecule has 2 heterocycles. The van der Waals surface area contributed by atoms with Gasteiger partial charge in [-0.1, -0.05) is 0 Å². The van der Waals surface area contributed by atoms with E-state index in [2.05, 4.69) is 0 Å². The molecule has 2 rings (SSSR count). The molecule has 1 aromatic rings. The van der Waals surface area contributed by atoms with Crippen molar-refractivity contribution in [2.45, 2.75) is 13.0 Å². The number of hydrogen-bond acceptors (Lipinski definition) is 4. The van der Waals surface area contributed by atoms with E-state index in [1.54, 1.807) is 13.0 Å². The topological polar surface area (TPSA) is 80.0 Å². The van der Waals surface area contributed by atoms with Crippen molar-refractivity contribution < 1.29 is 23.8 Å². The zero-order valence-electron chi connectivity index (χ0n) is 9.38. The number of aliphatic carboxylic acids is 1. The molecule has 1 N–H and O–H groups in total. The van der Waals surface area contributed by atoms with Crippen LogP contribution < -0.4 is 0 Å². The summed E-state index contributed by atoms with van der Waals surface area (Å²) >= 11 is 0. The van der Waals surface area contributed by atoms with Gasteiger partial charge in [-0.05, 0) is 13.0 Å². The minimum atomic E-state index is -1.06. The minimum Gasteiger partial charge on any atom is -0.479 e. The normalized spacial score (nSPS) is 20.3. The molecule has 0 aromatic carbocycles. The van der Waals surface area contributed by atoms with Gasteiger partial charge in [0.25, 0.3) is 5.91 Å². The number of aryl methyl sites for hydroxylation is 1. The molecule has 1 saturated heterocycles. The maximum Gasteiger partial charge on any atom is 0.334 e. The standard InChI is InChI=1S/C11H13NO5/c1-7-2-4-17-9(7)10(13)12-3-5-16-8(6-12)11(14)15/h2,4,8H,3,5-6H2,1H3,(H,14,15). The lowest BCUT2D eigenvalue weighted by molar-refractivity contribution is -0.154. The summed E-state index contributed by atoms with van der Waals surface area (Å²) < 4.78 is 10.1. The van der Waals surface area contributed by atoms with Crippen LogP contribution in [0.25, 0.3) is 0 Å². The van der Waals surface area contributed by atoms with Crippen molar-refractivity contribution in [2.75, 3.05) is 19.7 Å². The summed E-state index contributed by atoms with van der Waals surface area (Å²) in [4.78, 5) is 24.3. The van der Waals surface area contributed by atoms with Crippen molar-refractivity contribution in [2.24, 2.45) is 0 Å². The molecule has 6 nitrogen and oxygen atoms in total. The monoisotopic (exact) mass is 239 g/mol.